The van der Waals surface area contributed by atoms with E-state index in [4.69, 9.17) is 9.47 Å². The van der Waals surface area contributed by atoms with Crippen molar-refractivity contribution in [3.05, 3.63) is 53.9 Å². The van der Waals surface area contributed by atoms with E-state index in [-0.39, 0.29) is 12.7 Å². The minimum atomic E-state index is 0.111. The van der Waals surface area contributed by atoms with Crippen molar-refractivity contribution in [2.24, 2.45) is 5.92 Å². The molecule has 0 saturated carbocycles. The van der Waals surface area contributed by atoms with E-state index < -0.39 is 0 Å². The van der Waals surface area contributed by atoms with Crippen LogP contribution in [0.3, 0.4) is 0 Å². The maximum Gasteiger partial charge on any atom is 0.231 e. The number of carbonyl (C=O) groups excluding carboxylic acids is 1. The Labute approximate surface area is 142 Å². The smallest absolute Gasteiger partial charge is 0.231 e. The number of carbonyl (C=O) groups is 1. The lowest BCUT2D eigenvalue weighted by atomic mass is 10.1. The lowest BCUT2D eigenvalue weighted by Crippen LogP contribution is -2.34. The fourth-order valence-corrected chi connectivity index (χ4v) is 2.74. The third kappa shape index (κ3) is 4.04. The number of ether oxygens (including phenoxy) is 2. The van der Waals surface area contributed by atoms with Gasteiger partial charge in [0.1, 0.15) is 0 Å². The highest BCUT2D eigenvalue weighted by molar-refractivity contribution is 5.79. The Hall–Kier alpha value is -2.56. The van der Waals surface area contributed by atoms with E-state index in [2.05, 4.69) is 18.8 Å². The summed E-state index contributed by atoms with van der Waals surface area (Å²) in [6.45, 7) is 5.81. The largest absolute Gasteiger partial charge is 0.454 e. The van der Waals surface area contributed by atoms with Gasteiger partial charge in [-0.3, -0.25) is 9.78 Å². The first-order valence-electron chi connectivity index (χ1n) is 8.17. The van der Waals surface area contributed by atoms with E-state index in [1.54, 1.807) is 12.4 Å². The molecule has 2 aromatic rings. The van der Waals surface area contributed by atoms with Gasteiger partial charge >= 0.3 is 0 Å². The number of hydrogen-bond donors (Lipinski definition) is 0. The molecule has 0 fully saturated rings. The highest BCUT2D eigenvalue weighted by Crippen LogP contribution is 2.32. The van der Waals surface area contributed by atoms with Crippen LogP contribution in [-0.2, 0) is 17.8 Å². The van der Waals surface area contributed by atoms with Gasteiger partial charge in [-0.05, 0) is 41.3 Å². The third-order valence-corrected chi connectivity index (χ3v) is 3.85. The molecule has 1 aromatic carbocycles. The van der Waals surface area contributed by atoms with E-state index >= 15 is 0 Å². The summed E-state index contributed by atoms with van der Waals surface area (Å²) < 4.78 is 10.7. The summed E-state index contributed by atoms with van der Waals surface area (Å²) in [4.78, 5) is 18.7. The number of pyridine rings is 1. The Kier molecular flexibility index (Phi) is 4.99. The molecule has 126 valence electrons. The van der Waals surface area contributed by atoms with Crippen molar-refractivity contribution in [1.29, 1.82) is 0 Å². The van der Waals surface area contributed by atoms with Crippen LogP contribution in [0.4, 0.5) is 0 Å². The van der Waals surface area contributed by atoms with Gasteiger partial charge in [-0.15, -0.1) is 0 Å². The summed E-state index contributed by atoms with van der Waals surface area (Å²) in [6.07, 6.45) is 3.87. The maximum absolute atomic E-state index is 12.8. The number of rotatable bonds is 6. The summed E-state index contributed by atoms with van der Waals surface area (Å²) in [7, 11) is 0. The van der Waals surface area contributed by atoms with Gasteiger partial charge in [0.15, 0.2) is 11.5 Å². The van der Waals surface area contributed by atoms with E-state index in [9.17, 15) is 4.79 Å². The zero-order valence-electron chi connectivity index (χ0n) is 14.1. The van der Waals surface area contributed by atoms with Gasteiger partial charge in [0.2, 0.25) is 12.7 Å². The summed E-state index contributed by atoms with van der Waals surface area (Å²) in [5, 5.41) is 0. The SMILES string of the molecule is CC(C)CN(Cc1ccncc1)C(=O)Cc1ccc2c(c1)OCO2. The summed E-state index contributed by atoms with van der Waals surface area (Å²) >= 11 is 0. The Morgan fingerprint density at radius 1 is 1.12 bits per heavy atom. The molecule has 0 radical (unpaired) electrons. The summed E-state index contributed by atoms with van der Waals surface area (Å²) in [6, 6.07) is 9.56. The van der Waals surface area contributed by atoms with Gasteiger partial charge in [0, 0.05) is 25.5 Å². The number of hydrogen-bond acceptors (Lipinski definition) is 4. The van der Waals surface area contributed by atoms with Crippen molar-refractivity contribution in [3.8, 4) is 11.5 Å². The normalized spacial score (nSPS) is 12.5. The Bertz CT molecular complexity index is 701. The van der Waals surface area contributed by atoms with Crippen molar-refractivity contribution in [2.45, 2.75) is 26.8 Å². The second-order valence-corrected chi connectivity index (χ2v) is 6.39. The van der Waals surface area contributed by atoms with Crippen LogP contribution in [0.25, 0.3) is 0 Å². The molecular formula is C19H22N2O3. The molecule has 0 atom stereocenters. The molecule has 0 N–H and O–H groups in total. The van der Waals surface area contributed by atoms with Crippen molar-refractivity contribution >= 4 is 5.91 Å². The minimum absolute atomic E-state index is 0.111. The first-order chi connectivity index (χ1) is 11.6. The molecule has 1 aliphatic heterocycles. The summed E-state index contributed by atoms with van der Waals surface area (Å²) in [5.41, 5.74) is 2.03. The molecule has 5 nitrogen and oxygen atoms in total. The highest BCUT2D eigenvalue weighted by atomic mass is 16.7. The molecule has 1 amide bonds. The molecule has 0 saturated heterocycles. The van der Waals surface area contributed by atoms with Crippen LogP contribution in [0.5, 0.6) is 11.5 Å². The Balaban J connectivity index is 1.71. The molecule has 0 unspecified atom stereocenters. The fraction of sp³-hybridized carbons (Fsp3) is 0.368. The zero-order valence-corrected chi connectivity index (χ0v) is 14.1. The molecular weight excluding hydrogens is 304 g/mol. The lowest BCUT2D eigenvalue weighted by Gasteiger charge is -2.25. The maximum atomic E-state index is 12.8. The molecule has 1 aliphatic rings. The molecule has 24 heavy (non-hydrogen) atoms. The number of aromatic nitrogens is 1. The fourth-order valence-electron chi connectivity index (χ4n) is 2.74. The van der Waals surface area contributed by atoms with Crippen LogP contribution >= 0.6 is 0 Å². The van der Waals surface area contributed by atoms with Crippen molar-refractivity contribution in [1.82, 2.24) is 9.88 Å². The quantitative estimate of drug-likeness (QED) is 0.819. The number of benzene rings is 1. The van der Waals surface area contributed by atoms with Gasteiger partial charge in [0.25, 0.3) is 0 Å². The molecule has 0 spiro atoms. The van der Waals surface area contributed by atoms with Crippen LogP contribution in [0.1, 0.15) is 25.0 Å². The lowest BCUT2D eigenvalue weighted by molar-refractivity contribution is -0.131. The molecule has 1 aromatic heterocycles. The van der Waals surface area contributed by atoms with Crippen LogP contribution in [0.15, 0.2) is 42.7 Å². The van der Waals surface area contributed by atoms with Gasteiger partial charge < -0.3 is 14.4 Å². The van der Waals surface area contributed by atoms with Crippen LogP contribution in [-0.4, -0.2) is 29.1 Å². The van der Waals surface area contributed by atoms with Crippen LogP contribution in [0, 0.1) is 5.92 Å². The number of amides is 1. The van der Waals surface area contributed by atoms with E-state index in [0.29, 0.717) is 24.6 Å². The zero-order chi connectivity index (χ0) is 16.9. The molecule has 0 aliphatic carbocycles. The van der Waals surface area contributed by atoms with Crippen molar-refractivity contribution in [2.75, 3.05) is 13.3 Å². The minimum Gasteiger partial charge on any atom is -0.454 e. The number of nitrogens with zero attached hydrogens (tertiary/aromatic N) is 2. The molecule has 5 heteroatoms. The Morgan fingerprint density at radius 2 is 1.88 bits per heavy atom. The first kappa shape index (κ1) is 16.3. The highest BCUT2D eigenvalue weighted by Gasteiger charge is 2.18. The van der Waals surface area contributed by atoms with Gasteiger partial charge in [-0.2, -0.15) is 0 Å². The number of fused-ring (bicyclic) bond motifs is 1. The first-order valence-corrected chi connectivity index (χ1v) is 8.17. The topological polar surface area (TPSA) is 51.7 Å². The van der Waals surface area contributed by atoms with E-state index in [0.717, 1.165) is 23.4 Å². The average molecular weight is 326 g/mol. The second kappa shape index (κ2) is 7.34. The molecule has 3 rings (SSSR count). The monoisotopic (exact) mass is 326 g/mol. The van der Waals surface area contributed by atoms with Gasteiger partial charge in [0.05, 0.1) is 6.42 Å². The molecule has 2 heterocycles. The predicted molar refractivity (Wildman–Crippen MR) is 90.8 cm³/mol. The van der Waals surface area contributed by atoms with Crippen molar-refractivity contribution < 1.29 is 14.3 Å². The van der Waals surface area contributed by atoms with E-state index in [1.807, 2.05) is 35.2 Å². The van der Waals surface area contributed by atoms with Crippen LogP contribution in [0.2, 0.25) is 0 Å². The summed E-state index contributed by atoms with van der Waals surface area (Å²) in [5.74, 6) is 1.97. The molecule has 0 bridgehead atoms. The average Bonchev–Trinajstić information content (AvgIpc) is 3.02. The van der Waals surface area contributed by atoms with Gasteiger partial charge in [-0.25, -0.2) is 0 Å². The predicted octanol–water partition coefficient (Wildman–Crippen LogP) is 3.04. The third-order valence-electron chi connectivity index (χ3n) is 3.85. The van der Waals surface area contributed by atoms with E-state index in [1.165, 1.54) is 0 Å². The van der Waals surface area contributed by atoms with Crippen molar-refractivity contribution in [3.63, 3.8) is 0 Å². The van der Waals surface area contributed by atoms with Gasteiger partial charge in [-0.1, -0.05) is 19.9 Å². The second-order valence-electron chi connectivity index (χ2n) is 6.39. The standard InChI is InChI=1S/C19H22N2O3/c1-14(2)11-21(12-15-5-7-20-8-6-15)19(22)10-16-3-4-17-18(9-16)24-13-23-17/h3-9,14H,10-13H2,1-2H3. The Morgan fingerprint density at radius 3 is 2.62 bits per heavy atom. The van der Waals surface area contributed by atoms with Crippen LogP contribution < -0.4 is 9.47 Å².